The Morgan fingerprint density at radius 3 is 2.89 bits per heavy atom. The van der Waals surface area contributed by atoms with E-state index in [1.54, 1.807) is 12.1 Å². The summed E-state index contributed by atoms with van der Waals surface area (Å²) in [5.74, 6) is -0.0489. The van der Waals surface area contributed by atoms with Gasteiger partial charge >= 0.3 is 0 Å². The van der Waals surface area contributed by atoms with Gasteiger partial charge in [0.25, 0.3) is 0 Å². The summed E-state index contributed by atoms with van der Waals surface area (Å²) < 4.78 is 18.5. The van der Waals surface area contributed by atoms with Gasteiger partial charge in [-0.15, -0.1) is 0 Å². The zero-order chi connectivity index (χ0) is 13.7. The summed E-state index contributed by atoms with van der Waals surface area (Å²) in [6.45, 7) is -0.180. The standard InChI is InChI=1S/C14H11FN2O2/c15-12-3-4-14(11(6-12)8-18)19-9-10-2-1-5-17-13(10)7-16/h1-6,18H,8-9H2. The SMILES string of the molecule is N#Cc1ncccc1COc1ccc(F)cc1CO. The number of ether oxygens (including phenoxy) is 1. The summed E-state index contributed by atoms with van der Waals surface area (Å²) in [7, 11) is 0. The zero-order valence-corrected chi connectivity index (χ0v) is 10.0. The molecule has 0 saturated carbocycles. The number of aromatic nitrogens is 1. The van der Waals surface area contributed by atoms with Crippen molar-refractivity contribution < 1.29 is 14.2 Å². The first-order valence-corrected chi connectivity index (χ1v) is 5.60. The van der Waals surface area contributed by atoms with Crippen LogP contribution in [0.4, 0.5) is 4.39 Å². The van der Waals surface area contributed by atoms with E-state index in [0.717, 1.165) is 0 Å². The molecule has 0 fully saturated rings. The van der Waals surface area contributed by atoms with Crippen molar-refractivity contribution in [2.75, 3.05) is 0 Å². The molecule has 1 N–H and O–H groups in total. The van der Waals surface area contributed by atoms with Gasteiger partial charge in [-0.2, -0.15) is 5.26 Å². The van der Waals surface area contributed by atoms with E-state index in [0.29, 0.717) is 16.9 Å². The summed E-state index contributed by atoms with van der Waals surface area (Å²) in [4.78, 5) is 3.92. The van der Waals surface area contributed by atoms with Crippen LogP contribution >= 0.6 is 0 Å². The highest BCUT2D eigenvalue weighted by Gasteiger charge is 2.07. The number of rotatable bonds is 4. The van der Waals surface area contributed by atoms with Gasteiger partial charge in [0.1, 0.15) is 29.9 Å². The van der Waals surface area contributed by atoms with Crippen molar-refractivity contribution in [2.45, 2.75) is 13.2 Å². The van der Waals surface area contributed by atoms with Gasteiger partial charge in [0, 0.05) is 17.3 Å². The predicted molar refractivity (Wildman–Crippen MR) is 65.6 cm³/mol. The third kappa shape index (κ3) is 3.06. The fourth-order valence-electron chi connectivity index (χ4n) is 1.62. The number of nitrogens with zero attached hydrogens (tertiary/aromatic N) is 2. The molecule has 0 aliphatic heterocycles. The molecule has 0 radical (unpaired) electrons. The van der Waals surface area contributed by atoms with Gasteiger partial charge in [-0.3, -0.25) is 0 Å². The van der Waals surface area contributed by atoms with Crippen molar-refractivity contribution in [3.05, 3.63) is 59.2 Å². The number of benzene rings is 1. The van der Waals surface area contributed by atoms with Gasteiger partial charge in [-0.05, 0) is 24.3 Å². The van der Waals surface area contributed by atoms with Crippen molar-refractivity contribution in [3.63, 3.8) is 0 Å². The Kier molecular flexibility index (Phi) is 4.06. The van der Waals surface area contributed by atoms with E-state index in [1.807, 2.05) is 6.07 Å². The van der Waals surface area contributed by atoms with Gasteiger partial charge in [0.2, 0.25) is 0 Å². The highest BCUT2D eigenvalue weighted by molar-refractivity contribution is 5.35. The Balaban J connectivity index is 2.17. The molecule has 96 valence electrons. The monoisotopic (exact) mass is 258 g/mol. The van der Waals surface area contributed by atoms with Crippen molar-refractivity contribution >= 4 is 0 Å². The lowest BCUT2D eigenvalue weighted by molar-refractivity contribution is 0.258. The molecule has 1 aromatic heterocycles. The molecule has 1 aromatic carbocycles. The number of aliphatic hydroxyl groups excluding tert-OH is 1. The maximum absolute atomic E-state index is 13.0. The minimum atomic E-state index is -0.435. The molecule has 0 bridgehead atoms. The lowest BCUT2D eigenvalue weighted by atomic mass is 10.2. The minimum absolute atomic E-state index is 0.134. The van der Waals surface area contributed by atoms with Crippen molar-refractivity contribution in [3.8, 4) is 11.8 Å². The summed E-state index contributed by atoms with van der Waals surface area (Å²) in [6, 6.07) is 9.32. The zero-order valence-electron chi connectivity index (χ0n) is 10.0. The van der Waals surface area contributed by atoms with Crippen LogP contribution in [0.25, 0.3) is 0 Å². The van der Waals surface area contributed by atoms with Crippen molar-refractivity contribution in [2.24, 2.45) is 0 Å². The molecule has 1 heterocycles. The normalized spacial score (nSPS) is 9.95. The van der Waals surface area contributed by atoms with Crippen LogP contribution in [-0.4, -0.2) is 10.1 Å². The van der Waals surface area contributed by atoms with E-state index in [1.165, 1.54) is 24.4 Å². The fraction of sp³-hybridized carbons (Fsp3) is 0.143. The maximum atomic E-state index is 13.0. The molecule has 0 spiro atoms. The van der Waals surface area contributed by atoms with Gasteiger partial charge in [0.05, 0.1) is 6.61 Å². The fourth-order valence-corrected chi connectivity index (χ4v) is 1.62. The number of hydrogen-bond donors (Lipinski definition) is 1. The van der Waals surface area contributed by atoms with Crippen LogP contribution in [0.5, 0.6) is 5.75 Å². The molecule has 2 rings (SSSR count). The molecular formula is C14H11FN2O2. The lowest BCUT2D eigenvalue weighted by Crippen LogP contribution is -2.02. The highest BCUT2D eigenvalue weighted by Crippen LogP contribution is 2.21. The number of nitriles is 1. The Morgan fingerprint density at radius 1 is 1.32 bits per heavy atom. The van der Waals surface area contributed by atoms with E-state index in [4.69, 9.17) is 15.1 Å². The van der Waals surface area contributed by atoms with Crippen LogP contribution in [-0.2, 0) is 13.2 Å². The summed E-state index contributed by atoms with van der Waals surface area (Å²) >= 11 is 0. The maximum Gasteiger partial charge on any atom is 0.147 e. The quantitative estimate of drug-likeness (QED) is 0.912. The molecule has 0 amide bonds. The first-order valence-electron chi connectivity index (χ1n) is 5.60. The number of hydrogen-bond acceptors (Lipinski definition) is 4. The third-order valence-electron chi connectivity index (χ3n) is 2.57. The minimum Gasteiger partial charge on any atom is -0.488 e. The molecule has 4 nitrogen and oxygen atoms in total. The van der Waals surface area contributed by atoms with Gasteiger partial charge < -0.3 is 9.84 Å². The molecule has 0 atom stereocenters. The van der Waals surface area contributed by atoms with Gasteiger partial charge in [0.15, 0.2) is 0 Å². The number of aliphatic hydroxyl groups is 1. The van der Waals surface area contributed by atoms with Crippen LogP contribution in [0.1, 0.15) is 16.8 Å². The molecule has 0 unspecified atom stereocenters. The molecule has 19 heavy (non-hydrogen) atoms. The first kappa shape index (κ1) is 13.0. The third-order valence-corrected chi connectivity index (χ3v) is 2.57. The molecule has 5 heteroatoms. The molecule has 0 saturated heterocycles. The molecular weight excluding hydrogens is 247 g/mol. The van der Waals surface area contributed by atoms with Gasteiger partial charge in [-0.25, -0.2) is 9.37 Å². The molecule has 0 aliphatic rings. The second-order valence-electron chi connectivity index (χ2n) is 3.82. The van der Waals surface area contributed by atoms with Gasteiger partial charge in [-0.1, -0.05) is 6.07 Å². The van der Waals surface area contributed by atoms with Crippen molar-refractivity contribution in [1.82, 2.24) is 4.98 Å². The van der Waals surface area contributed by atoms with Crippen LogP contribution < -0.4 is 4.74 Å². The second kappa shape index (κ2) is 5.94. The van der Waals surface area contributed by atoms with E-state index in [-0.39, 0.29) is 18.9 Å². The first-order chi connectivity index (χ1) is 9.24. The smallest absolute Gasteiger partial charge is 0.147 e. The predicted octanol–water partition coefficient (Wildman–Crippen LogP) is 2.16. The number of pyridine rings is 1. The Bertz CT molecular complexity index is 623. The Morgan fingerprint density at radius 2 is 2.16 bits per heavy atom. The van der Waals surface area contributed by atoms with Crippen LogP contribution in [0.3, 0.4) is 0 Å². The molecule has 2 aromatic rings. The largest absolute Gasteiger partial charge is 0.488 e. The average Bonchev–Trinajstić information content (AvgIpc) is 2.46. The van der Waals surface area contributed by atoms with Crippen molar-refractivity contribution in [1.29, 1.82) is 5.26 Å². The van der Waals surface area contributed by atoms with E-state index in [2.05, 4.69) is 4.98 Å². The summed E-state index contributed by atoms with van der Waals surface area (Å²) in [5, 5.41) is 18.0. The lowest BCUT2D eigenvalue weighted by Gasteiger charge is -2.10. The van der Waals surface area contributed by atoms with E-state index in [9.17, 15) is 4.39 Å². The van der Waals surface area contributed by atoms with E-state index >= 15 is 0 Å². The summed E-state index contributed by atoms with van der Waals surface area (Å²) in [5.41, 5.74) is 1.29. The Hall–Kier alpha value is -2.45. The summed E-state index contributed by atoms with van der Waals surface area (Å²) in [6.07, 6.45) is 1.53. The molecule has 0 aliphatic carbocycles. The highest BCUT2D eigenvalue weighted by atomic mass is 19.1. The average molecular weight is 258 g/mol. The van der Waals surface area contributed by atoms with Crippen LogP contribution in [0.2, 0.25) is 0 Å². The Labute approximate surface area is 109 Å². The van der Waals surface area contributed by atoms with E-state index < -0.39 is 5.82 Å². The number of halogens is 1. The van der Waals surface area contributed by atoms with Crippen LogP contribution in [0, 0.1) is 17.1 Å². The second-order valence-corrected chi connectivity index (χ2v) is 3.82. The van der Waals surface area contributed by atoms with Crippen LogP contribution in [0.15, 0.2) is 36.5 Å². The topological polar surface area (TPSA) is 66.1 Å².